The van der Waals surface area contributed by atoms with E-state index in [1.807, 2.05) is 0 Å². The van der Waals surface area contributed by atoms with Gasteiger partial charge in [-0.05, 0) is 12.1 Å². The molecule has 0 atom stereocenters. The zero-order valence-corrected chi connectivity index (χ0v) is 11.6. The van der Waals surface area contributed by atoms with E-state index in [1.54, 1.807) is 0 Å². The first-order valence-corrected chi connectivity index (χ1v) is 10.2. The Morgan fingerprint density at radius 3 is 1.33 bits per heavy atom. The van der Waals surface area contributed by atoms with Crippen molar-refractivity contribution in [3.05, 3.63) is 0 Å². The highest BCUT2D eigenvalue weighted by atomic mass is 29.2. The fourth-order valence-electron chi connectivity index (χ4n) is 1.24. The molecular formula is C9H23NSi2. The van der Waals surface area contributed by atoms with Crippen molar-refractivity contribution in [2.24, 2.45) is 0 Å². The number of nitrogens with zero attached hydrogens (tertiary/aromatic N) is 1. The summed E-state index contributed by atoms with van der Waals surface area (Å²) in [6.07, 6.45) is 0. The molecular weight excluding hydrogens is 178 g/mol. The molecule has 0 saturated carbocycles. The molecule has 0 unspecified atom stereocenters. The summed E-state index contributed by atoms with van der Waals surface area (Å²) in [5.74, 6) is 0. The van der Waals surface area contributed by atoms with Gasteiger partial charge >= 0.3 is 0 Å². The van der Waals surface area contributed by atoms with E-state index < -0.39 is 7.59 Å². The lowest BCUT2D eigenvalue weighted by Crippen LogP contribution is -2.50. The van der Waals surface area contributed by atoms with Gasteiger partial charge in [0.1, 0.15) is 9.20 Å². The maximum atomic E-state index is 2.63. The molecule has 0 rings (SSSR count). The Balaban J connectivity index is 4.15. The highest BCUT2D eigenvalue weighted by Crippen LogP contribution is 2.08. The van der Waals surface area contributed by atoms with E-state index in [0.29, 0.717) is 12.1 Å². The first-order valence-electron chi connectivity index (χ1n) is 4.80. The van der Waals surface area contributed by atoms with Crippen LogP contribution in [0.25, 0.3) is 0 Å². The van der Waals surface area contributed by atoms with Gasteiger partial charge in [-0.3, -0.25) is 0 Å². The Bertz CT molecular complexity index is 119. The molecule has 0 aliphatic carbocycles. The van der Waals surface area contributed by atoms with Crippen molar-refractivity contribution in [1.82, 2.24) is 4.57 Å². The molecule has 0 spiro atoms. The fraction of sp³-hybridized carbons (Fsp3) is 1.00. The molecule has 1 nitrogen and oxygen atoms in total. The minimum atomic E-state index is -0.892. The van der Waals surface area contributed by atoms with Crippen LogP contribution in [0.4, 0.5) is 0 Å². The molecule has 0 saturated heterocycles. The summed E-state index contributed by atoms with van der Waals surface area (Å²) < 4.78 is 2.63. The Kier molecular flexibility index (Phi) is 4.73. The predicted octanol–water partition coefficient (Wildman–Crippen LogP) is 2.56. The van der Waals surface area contributed by atoms with Crippen molar-refractivity contribution in [2.75, 3.05) is 0 Å². The molecule has 72 valence electrons. The van der Waals surface area contributed by atoms with E-state index >= 15 is 0 Å². The van der Waals surface area contributed by atoms with Gasteiger partial charge in [-0.25, -0.2) is 0 Å². The molecule has 0 aromatic carbocycles. The average molecular weight is 201 g/mol. The molecule has 0 bridgehead atoms. The van der Waals surface area contributed by atoms with Crippen molar-refractivity contribution in [3.8, 4) is 0 Å². The lowest BCUT2D eigenvalue weighted by Gasteiger charge is -2.34. The summed E-state index contributed by atoms with van der Waals surface area (Å²) in [5.41, 5.74) is 0. The topological polar surface area (TPSA) is 3.24 Å². The van der Waals surface area contributed by atoms with Crippen LogP contribution in [0.15, 0.2) is 0 Å². The van der Waals surface area contributed by atoms with Crippen molar-refractivity contribution in [3.63, 3.8) is 0 Å². The zero-order valence-electron chi connectivity index (χ0n) is 9.60. The summed E-state index contributed by atoms with van der Waals surface area (Å²) in [6, 6.07) is 1.41. The van der Waals surface area contributed by atoms with Crippen LogP contribution in [0, 0.1) is 0 Å². The molecule has 0 heterocycles. The van der Waals surface area contributed by atoms with Gasteiger partial charge in [0, 0.05) is 0 Å². The van der Waals surface area contributed by atoms with E-state index in [0.717, 1.165) is 9.20 Å². The van der Waals surface area contributed by atoms with Gasteiger partial charge in [0.05, 0.1) is 7.59 Å². The van der Waals surface area contributed by atoms with Crippen LogP contribution < -0.4 is 0 Å². The Morgan fingerprint density at radius 1 is 0.917 bits per heavy atom. The van der Waals surface area contributed by atoms with Gasteiger partial charge in [-0.1, -0.05) is 47.3 Å². The summed E-state index contributed by atoms with van der Waals surface area (Å²) in [5, 5.41) is 0. The van der Waals surface area contributed by atoms with Gasteiger partial charge < -0.3 is 4.57 Å². The van der Waals surface area contributed by atoms with Crippen molar-refractivity contribution in [2.45, 2.75) is 59.4 Å². The molecule has 0 aliphatic rings. The Morgan fingerprint density at radius 2 is 1.25 bits per heavy atom. The third kappa shape index (κ3) is 5.11. The van der Waals surface area contributed by atoms with Crippen LogP contribution in [0.5, 0.6) is 0 Å². The van der Waals surface area contributed by atoms with Gasteiger partial charge in [-0.2, -0.15) is 0 Å². The first kappa shape index (κ1) is 12.4. The van der Waals surface area contributed by atoms with Gasteiger partial charge in [0.15, 0.2) is 0 Å². The van der Waals surface area contributed by atoms with Gasteiger partial charge in [0.2, 0.25) is 0 Å². The fourth-order valence-corrected chi connectivity index (χ4v) is 6.41. The largest absolute Gasteiger partial charge is 0.323 e. The third-order valence-electron chi connectivity index (χ3n) is 1.58. The maximum absolute atomic E-state index is 2.63. The van der Waals surface area contributed by atoms with Gasteiger partial charge in [0.25, 0.3) is 0 Å². The summed E-state index contributed by atoms with van der Waals surface area (Å²) in [4.78, 5) is 0. The molecule has 0 fully saturated rings. The van der Waals surface area contributed by atoms with Crippen LogP contribution in [-0.4, -0.2) is 33.4 Å². The molecule has 0 aromatic rings. The lowest BCUT2D eigenvalue weighted by molar-refractivity contribution is 0.316. The number of hydrogen-bond donors (Lipinski definition) is 0. The lowest BCUT2D eigenvalue weighted by atomic mass is 10.3. The average Bonchev–Trinajstić information content (AvgIpc) is 1.79. The van der Waals surface area contributed by atoms with Crippen LogP contribution in [0.1, 0.15) is 27.7 Å². The zero-order chi connectivity index (χ0) is 9.94. The van der Waals surface area contributed by atoms with E-state index in [4.69, 9.17) is 0 Å². The second-order valence-electron chi connectivity index (χ2n) is 4.96. The van der Waals surface area contributed by atoms with E-state index in [-0.39, 0.29) is 0 Å². The van der Waals surface area contributed by atoms with Crippen molar-refractivity contribution in [1.29, 1.82) is 0 Å². The second-order valence-corrected chi connectivity index (χ2v) is 15.4. The molecule has 0 aliphatic heterocycles. The summed E-state index contributed by atoms with van der Waals surface area (Å²) in [6.45, 7) is 16.5. The molecule has 12 heavy (non-hydrogen) atoms. The number of hydrogen-bond acceptors (Lipinski definition) is 1. The van der Waals surface area contributed by atoms with E-state index in [9.17, 15) is 0 Å². The monoisotopic (exact) mass is 201 g/mol. The van der Waals surface area contributed by atoms with Gasteiger partial charge in [-0.15, -0.1) is 0 Å². The van der Waals surface area contributed by atoms with Crippen molar-refractivity contribution >= 4 is 16.8 Å². The smallest absolute Gasteiger partial charge is 0.127 e. The number of rotatable bonds is 4. The maximum Gasteiger partial charge on any atom is 0.127 e. The standard InChI is InChI=1S/C9H23NSi2/c1-8(2)10(9(3)4)11-12(5,6)7/h8-9H,1-7H3. The van der Waals surface area contributed by atoms with Crippen LogP contribution in [0.3, 0.4) is 0 Å². The quantitative estimate of drug-likeness (QED) is 0.632. The van der Waals surface area contributed by atoms with Crippen LogP contribution in [0.2, 0.25) is 19.6 Å². The molecule has 3 heteroatoms. The minimum Gasteiger partial charge on any atom is -0.323 e. The first-order chi connectivity index (χ1) is 5.24. The van der Waals surface area contributed by atoms with Crippen LogP contribution >= 0.6 is 0 Å². The highest BCUT2D eigenvalue weighted by Gasteiger charge is 2.23. The van der Waals surface area contributed by atoms with Crippen molar-refractivity contribution < 1.29 is 0 Å². The summed E-state index contributed by atoms with van der Waals surface area (Å²) in [7, 11) is 0.173. The van der Waals surface area contributed by atoms with E-state index in [1.165, 1.54) is 0 Å². The normalized spacial score (nSPS) is 13.5. The summed E-state index contributed by atoms with van der Waals surface area (Å²) >= 11 is 0. The van der Waals surface area contributed by atoms with Crippen LogP contribution in [-0.2, 0) is 0 Å². The Hall–Kier alpha value is 0.394. The second kappa shape index (κ2) is 4.58. The molecule has 0 N–H and O–H groups in total. The minimum absolute atomic E-state index is 0.704. The third-order valence-corrected chi connectivity index (χ3v) is 6.33. The molecule has 0 aromatic heterocycles. The molecule has 2 radical (unpaired) electrons. The van der Waals surface area contributed by atoms with E-state index in [2.05, 4.69) is 51.9 Å². The Labute approximate surface area is 81.2 Å². The predicted molar refractivity (Wildman–Crippen MR) is 61.2 cm³/mol. The SMILES string of the molecule is CC(C)N([Si][Si](C)(C)C)C(C)C. The molecule has 0 amide bonds. The highest BCUT2D eigenvalue weighted by molar-refractivity contribution is 7.22.